The SMILES string of the molecule is Nc1ccc(C[C@H]2NC(=O)[C@H](Cc3ccccc3)NC(=O)[C@H]3CCCN3C(=O)[C@H](Cc3ccccc3-c3cccc4c(C[C@H]5NC(=O)[C@H](CC6CCCCC6)NC(=O)[C@H]6CCCN6C(=O)[C@H](Cc6ccccc6)NC5=O)c[nH]c34)NC2=O)cc1. The summed E-state index contributed by atoms with van der Waals surface area (Å²) >= 11 is 0. The summed E-state index contributed by atoms with van der Waals surface area (Å²) in [6.45, 7) is 0.630. The zero-order valence-corrected chi connectivity index (χ0v) is 47.2. The van der Waals surface area contributed by atoms with E-state index in [2.05, 4.69) is 36.9 Å². The topological polar surface area (TPSA) is 257 Å². The number of nitrogens with one attached hydrogen (secondary N) is 7. The second-order valence-electron chi connectivity index (χ2n) is 23.4. The molecular weight excluding hydrogens is 1060 g/mol. The second-order valence-corrected chi connectivity index (χ2v) is 23.4. The molecule has 18 nitrogen and oxygen atoms in total. The van der Waals surface area contributed by atoms with E-state index in [0.29, 0.717) is 61.0 Å². The highest BCUT2D eigenvalue weighted by Crippen LogP contribution is 2.35. The Balaban J connectivity index is 0.903. The van der Waals surface area contributed by atoms with Crippen LogP contribution < -0.4 is 37.6 Å². The van der Waals surface area contributed by atoms with Gasteiger partial charge in [0.05, 0.1) is 5.52 Å². The number of H-pyrrole nitrogens is 1. The average molecular weight is 1140 g/mol. The van der Waals surface area contributed by atoms with Gasteiger partial charge >= 0.3 is 0 Å². The molecule has 1 aromatic heterocycles. The van der Waals surface area contributed by atoms with Gasteiger partial charge < -0.3 is 52.4 Å². The molecule has 8 atom stereocenters. The zero-order chi connectivity index (χ0) is 58.3. The third kappa shape index (κ3) is 13.0. The summed E-state index contributed by atoms with van der Waals surface area (Å²) in [5, 5.41) is 18.9. The van der Waals surface area contributed by atoms with E-state index in [1.165, 1.54) is 4.90 Å². The molecule has 0 radical (unpaired) electrons. The minimum Gasteiger partial charge on any atom is -0.399 e. The number of benzene rings is 5. The number of nitrogen functional groups attached to an aromatic ring is 1. The van der Waals surface area contributed by atoms with Crippen molar-refractivity contribution in [2.45, 2.75) is 145 Å². The van der Waals surface area contributed by atoms with Gasteiger partial charge in [-0.3, -0.25) is 38.4 Å². The van der Waals surface area contributed by atoms with Gasteiger partial charge in [0, 0.05) is 68.0 Å². The fourth-order valence-electron chi connectivity index (χ4n) is 13.2. The van der Waals surface area contributed by atoms with E-state index in [1.807, 2.05) is 109 Å². The van der Waals surface area contributed by atoms with Crippen molar-refractivity contribution >= 4 is 63.8 Å². The predicted molar refractivity (Wildman–Crippen MR) is 318 cm³/mol. The van der Waals surface area contributed by atoms with Crippen molar-refractivity contribution in [1.29, 1.82) is 0 Å². The number of aromatic nitrogens is 1. The first-order valence-electron chi connectivity index (χ1n) is 29.9. The Labute approximate surface area is 488 Å². The maximum atomic E-state index is 15.1. The van der Waals surface area contributed by atoms with Gasteiger partial charge in [-0.25, -0.2) is 0 Å². The van der Waals surface area contributed by atoms with Gasteiger partial charge in [-0.15, -0.1) is 0 Å². The number of amides is 8. The van der Waals surface area contributed by atoms with Crippen LogP contribution in [0, 0.1) is 5.92 Å². The first-order chi connectivity index (χ1) is 40.8. The molecule has 0 bridgehead atoms. The number of nitrogens with two attached hydrogens (primary N) is 1. The number of hydrogen-bond donors (Lipinski definition) is 8. The smallest absolute Gasteiger partial charge is 0.246 e. The van der Waals surface area contributed by atoms with Gasteiger partial charge in [-0.2, -0.15) is 0 Å². The van der Waals surface area contributed by atoms with Gasteiger partial charge in [0.2, 0.25) is 47.3 Å². The van der Waals surface area contributed by atoms with E-state index >= 15 is 4.79 Å². The van der Waals surface area contributed by atoms with Gasteiger partial charge in [-0.05, 0) is 83.5 Å². The first-order valence-corrected chi connectivity index (χ1v) is 29.9. The summed E-state index contributed by atoms with van der Waals surface area (Å²) in [6, 6.07) is 30.9. The number of nitrogens with zero attached hydrogens (tertiary/aromatic N) is 2. The lowest BCUT2D eigenvalue weighted by atomic mass is 9.84. The van der Waals surface area contributed by atoms with Crippen LogP contribution in [0.15, 0.2) is 134 Å². The maximum absolute atomic E-state index is 15.1. The lowest BCUT2D eigenvalue weighted by Crippen LogP contribution is -2.62. The number of carbonyl (C=O) groups excluding carboxylic acids is 8. The Morgan fingerprint density at radius 3 is 1.44 bits per heavy atom. The minimum absolute atomic E-state index is 0.0165. The van der Waals surface area contributed by atoms with Crippen LogP contribution >= 0.6 is 0 Å². The number of anilines is 1. The van der Waals surface area contributed by atoms with Crippen molar-refractivity contribution in [3.63, 3.8) is 0 Å². The third-order valence-electron chi connectivity index (χ3n) is 17.7. The summed E-state index contributed by atoms with van der Waals surface area (Å²) < 4.78 is 0. The Kier molecular flexibility index (Phi) is 17.5. The lowest BCUT2D eigenvalue weighted by molar-refractivity contribution is -0.143. The molecule has 9 N–H and O–H groups in total. The third-order valence-corrected chi connectivity index (χ3v) is 17.7. The highest BCUT2D eigenvalue weighted by molar-refractivity contribution is 6.01. The molecule has 1 saturated carbocycles. The van der Waals surface area contributed by atoms with Crippen molar-refractivity contribution < 1.29 is 38.4 Å². The molecule has 0 spiro atoms. The molecule has 5 aromatic carbocycles. The standard InChI is InChI=1S/C66H74N10O8/c67-46-29-27-43(28-30-46)35-50-61(79)74-55(66(84)76-32-14-26-57(76)64(82)71-51(59(77)69-50)33-40-15-4-1-5-16-40)37-44-21-10-11-22-47(44)49-24-12-23-48-45(39-68-58(48)49)38-53-62(80)73-54(36-42-19-8-3-9-20-42)65(83)75-31-13-25-56(75)63(81)72-52(60(78)70-53)34-41-17-6-2-7-18-41/h1,3-5,8-12,15-16,19-24,27-30,39,41,50-57,68H,2,6-7,13-14,17-18,25-26,31-38,67H2,(H,69,77)(H,70,78)(H,71,82)(H,72,81)(H,73,80)(H,74,79)/t50-,51+,52+,53-,54+,55+,56-,57-/m1/s1. The summed E-state index contributed by atoms with van der Waals surface area (Å²) in [7, 11) is 0. The molecule has 0 unspecified atom stereocenters. The minimum atomic E-state index is -1.17. The maximum Gasteiger partial charge on any atom is 0.246 e. The number of para-hydroxylation sites is 1. The van der Waals surface area contributed by atoms with Gasteiger partial charge in [0.15, 0.2) is 0 Å². The zero-order valence-electron chi connectivity index (χ0n) is 47.2. The molecule has 11 rings (SSSR count). The van der Waals surface area contributed by atoms with Crippen LogP contribution in [0.3, 0.4) is 0 Å². The van der Waals surface area contributed by atoms with Crippen LogP contribution in [-0.2, 0) is 70.5 Å². The fourth-order valence-corrected chi connectivity index (χ4v) is 13.2. The normalized spacial score (nSPS) is 24.9. The Morgan fingerprint density at radius 1 is 0.393 bits per heavy atom. The lowest BCUT2D eigenvalue weighted by Gasteiger charge is -2.33. The van der Waals surface area contributed by atoms with Crippen LogP contribution in [0.5, 0.6) is 0 Å². The first kappa shape index (κ1) is 57.0. The molecule has 8 amide bonds. The van der Waals surface area contributed by atoms with Gasteiger partial charge in [0.1, 0.15) is 48.3 Å². The average Bonchev–Trinajstić information content (AvgIpc) is 3.11. The van der Waals surface area contributed by atoms with Crippen molar-refractivity contribution in [3.8, 4) is 11.1 Å². The Bertz CT molecular complexity index is 3400. The Morgan fingerprint density at radius 2 is 0.845 bits per heavy atom. The van der Waals surface area contributed by atoms with Crippen LogP contribution in [0.4, 0.5) is 5.69 Å². The molecule has 4 aliphatic heterocycles. The number of rotatable bonds is 13. The van der Waals surface area contributed by atoms with Crippen molar-refractivity contribution in [2.75, 3.05) is 18.8 Å². The number of hydrogen-bond acceptors (Lipinski definition) is 9. The highest BCUT2D eigenvalue weighted by Gasteiger charge is 2.43. The molecule has 5 heterocycles. The molecular formula is C66H74N10O8. The van der Waals surface area contributed by atoms with Crippen molar-refractivity contribution in [3.05, 3.63) is 161 Å². The predicted octanol–water partition coefficient (Wildman–Crippen LogP) is 5.12. The van der Waals surface area contributed by atoms with Crippen LogP contribution in [0.2, 0.25) is 0 Å². The molecule has 4 saturated heterocycles. The van der Waals surface area contributed by atoms with Crippen LogP contribution in [0.1, 0.15) is 92.0 Å². The summed E-state index contributed by atoms with van der Waals surface area (Å²) in [6.07, 6.45) is 9.73. The quantitative estimate of drug-likeness (QED) is 0.0714. The van der Waals surface area contributed by atoms with E-state index in [0.717, 1.165) is 65.3 Å². The second kappa shape index (κ2) is 25.8. The van der Waals surface area contributed by atoms with Crippen molar-refractivity contribution in [2.24, 2.45) is 5.92 Å². The van der Waals surface area contributed by atoms with Crippen LogP contribution in [0.25, 0.3) is 22.0 Å². The van der Waals surface area contributed by atoms with E-state index in [-0.39, 0.29) is 56.4 Å². The number of fused-ring (bicyclic) bond motifs is 3. The number of carbonyl (C=O) groups is 8. The molecule has 18 heteroatoms. The van der Waals surface area contributed by atoms with E-state index < -0.39 is 83.8 Å². The molecule has 436 valence electrons. The largest absolute Gasteiger partial charge is 0.399 e. The molecule has 6 aromatic rings. The fraction of sp³-hybridized carbons (Fsp3) is 0.394. The summed E-state index contributed by atoms with van der Waals surface area (Å²) in [5.74, 6) is -3.49. The Hall–Kier alpha value is -8.80. The van der Waals surface area contributed by atoms with Crippen molar-refractivity contribution in [1.82, 2.24) is 46.7 Å². The summed E-state index contributed by atoms with van der Waals surface area (Å²) in [4.78, 5) is 124. The molecule has 84 heavy (non-hydrogen) atoms. The van der Waals surface area contributed by atoms with E-state index in [1.54, 1.807) is 29.2 Å². The summed E-state index contributed by atoms with van der Waals surface area (Å²) in [5.41, 5.74) is 12.5. The van der Waals surface area contributed by atoms with Gasteiger partial charge in [0.25, 0.3) is 0 Å². The molecule has 5 aliphatic rings. The van der Waals surface area contributed by atoms with E-state index in [4.69, 9.17) is 5.73 Å². The monoisotopic (exact) mass is 1130 g/mol. The highest BCUT2D eigenvalue weighted by atomic mass is 16.2. The molecule has 1 aliphatic carbocycles. The number of aromatic amines is 1. The van der Waals surface area contributed by atoms with Gasteiger partial charge in [-0.1, -0.05) is 147 Å². The van der Waals surface area contributed by atoms with Crippen LogP contribution in [-0.4, -0.2) is 123 Å². The molecule has 5 fully saturated rings. The van der Waals surface area contributed by atoms with E-state index in [9.17, 15) is 33.6 Å².